The van der Waals surface area contributed by atoms with Gasteiger partial charge in [-0.05, 0) is 93.3 Å². The first-order chi connectivity index (χ1) is 18.5. The lowest BCUT2D eigenvalue weighted by Gasteiger charge is -2.42. The Hall–Kier alpha value is -3.23. The Labute approximate surface area is 225 Å². The Morgan fingerprint density at radius 3 is 2.63 bits per heavy atom. The first-order valence-corrected chi connectivity index (χ1v) is 14.1. The van der Waals surface area contributed by atoms with Gasteiger partial charge in [-0.25, -0.2) is 4.98 Å². The van der Waals surface area contributed by atoms with Gasteiger partial charge in [0.1, 0.15) is 5.69 Å². The summed E-state index contributed by atoms with van der Waals surface area (Å²) < 4.78 is 2.00. The highest BCUT2D eigenvalue weighted by Crippen LogP contribution is 2.36. The van der Waals surface area contributed by atoms with Crippen LogP contribution < -0.4 is 16.0 Å². The molecule has 38 heavy (non-hydrogen) atoms. The number of piperidine rings is 2. The molecule has 1 saturated carbocycles. The summed E-state index contributed by atoms with van der Waals surface area (Å²) in [7, 11) is 0. The van der Waals surface area contributed by atoms with Crippen LogP contribution in [0, 0.1) is 18.8 Å². The van der Waals surface area contributed by atoms with Gasteiger partial charge in [-0.3, -0.25) is 14.7 Å². The average molecular weight is 514 g/mol. The fourth-order valence-electron chi connectivity index (χ4n) is 6.62. The number of nitrogens with zero attached hydrogens (tertiary/aromatic N) is 5. The molecule has 3 atom stereocenters. The standard InChI is InChI=1S/C30H39N7O/c1-21-15-37(20-33-21)28-12-24(16-35-9-3-6-25(31)19-35)11-26(13-28)34-30(38)29-14-27(7-8-32-29)36-17-22-4-2-5-23(10-22)18-36/h7-8,11-15,20,22-23,25H,2-6,9-10,16-19,31H2,1H3,(H,34,38)/t22?,23?,25-/m0/s1. The van der Waals surface area contributed by atoms with E-state index in [2.05, 4.69) is 37.2 Å². The van der Waals surface area contributed by atoms with Gasteiger partial charge in [0.25, 0.3) is 5.91 Å². The Balaban J connectivity index is 1.22. The highest BCUT2D eigenvalue weighted by molar-refractivity contribution is 6.03. The number of nitrogens with two attached hydrogens (primary N) is 1. The van der Waals surface area contributed by atoms with E-state index in [0.717, 1.165) is 85.7 Å². The van der Waals surface area contributed by atoms with Crippen molar-refractivity contribution in [3.05, 3.63) is 66.0 Å². The molecular formula is C30H39N7O. The molecule has 8 heteroatoms. The van der Waals surface area contributed by atoms with Crippen LogP contribution in [-0.2, 0) is 6.54 Å². The van der Waals surface area contributed by atoms with Crippen LogP contribution in [0.4, 0.5) is 11.4 Å². The summed E-state index contributed by atoms with van der Waals surface area (Å²) in [5.74, 6) is 1.36. The topological polar surface area (TPSA) is 92.3 Å². The van der Waals surface area contributed by atoms with Gasteiger partial charge in [-0.1, -0.05) is 6.42 Å². The van der Waals surface area contributed by atoms with Crippen LogP contribution in [0.5, 0.6) is 0 Å². The summed E-state index contributed by atoms with van der Waals surface area (Å²) in [5, 5.41) is 3.13. The number of fused-ring (bicyclic) bond motifs is 2. The SMILES string of the molecule is Cc1cn(-c2cc(CN3CCC[C@H](N)C3)cc(NC(=O)c3cc(N4CC5CCCC(C5)C4)ccn3)c2)cn1. The van der Waals surface area contributed by atoms with Crippen LogP contribution in [0.2, 0.25) is 0 Å². The number of rotatable bonds is 6. The van der Waals surface area contributed by atoms with E-state index < -0.39 is 0 Å². The van der Waals surface area contributed by atoms with Gasteiger partial charge >= 0.3 is 0 Å². The number of pyridine rings is 1. The number of carbonyl (C=O) groups is 1. The average Bonchev–Trinajstić information content (AvgIpc) is 3.35. The van der Waals surface area contributed by atoms with E-state index in [0.29, 0.717) is 5.69 Å². The predicted octanol–water partition coefficient (Wildman–Crippen LogP) is 4.38. The van der Waals surface area contributed by atoms with Crippen LogP contribution in [0.3, 0.4) is 0 Å². The maximum atomic E-state index is 13.4. The molecule has 1 aliphatic carbocycles. The van der Waals surface area contributed by atoms with Gasteiger partial charge in [-0.2, -0.15) is 0 Å². The molecule has 2 bridgehead atoms. The molecule has 3 fully saturated rings. The maximum absolute atomic E-state index is 13.4. The molecule has 3 aliphatic rings. The number of carbonyl (C=O) groups excluding carboxylic acids is 1. The molecule has 8 nitrogen and oxygen atoms in total. The van der Waals surface area contributed by atoms with Crippen LogP contribution in [0.1, 0.15) is 60.3 Å². The fraction of sp³-hybridized carbons (Fsp3) is 0.500. The number of aryl methyl sites for hydroxylation is 1. The van der Waals surface area contributed by atoms with Gasteiger partial charge in [-0.15, -0.1) is 0 Å². The van der Waals surface area contributed by atoms with Crippen molar-refractivity contribution in [1.82, 2.24) is 19.4 Å². The molecule has 2 saturated heterocycles. The van der Waals surface area contributed by atoms with E-state index in [-0.39, 0.29) is 11.9 Å². The summed E-state index contributed by atoms with van der Waals surface area (Å²) >= 11 is 0. The second kappa shape index (κ2) is 10.9. The quantitative estimate of drug-likeness (QED) is 0.508. The molecule has 1 aromatic carbocycles. The minimum Gasteiger partial charge on any atom is -0.371 e. The largest absolute Gasteiger partial charge is 0.371 e. The van der Waals surface area contributed by atoms with Crippen molar-refractivity contribution in [2.75, 3.05) is 36.4 Å². The van der Waals surface area contributed by atoms with E-state index in [9.17, 15) is 4.79 Å². The van der Waals surface area contributed by atoms with Crippen LogP contribution in [-0.4, -0.2) is 57.6 Å². The molecule has 3 aromatic rings. The van der Waals surface area contributed by atoms with Crippen molar-refractivity contribution < 1.29 is 4.79 Å². The number of imidazole rings is 1. The number of nitrogens with one attached hydrogen (secondary N) is 1. The van der Waals surface area contributed by atoms with Gasteiger partial charge in [0.2, 0.25) is 0 Å². The molecule has 6 rings (SSSR count). The number of anilines is 2. The van der Waals surface area contributed by atoms with Crippen molar-refractivity contribution in [3.8, 4) is 5.69 Å². The fourth-order valence-corrected chi connectivity index (χ4v) is 6.62. The third kappa shape index (κ3) is 5.76. The van der Waals surface area contributed by atoms with Crippen molar-refractivity contribution in [3.63, 3.8) is 0 Å². The van der Waals surface area contributed by atoms with Gasteiger partial charge < -0.3 is 20.5 Å². The van der Waals surface area contributed by atoms with Gasteiger partial charge in [0, 0.05) is 61.7 Å². The van der Waals surface area contributed by atoms with Crippen LogP contribution >= 0.6 is 0 Å². The summed E-state index contributed by atoms with van der Waals surface area (Å²) in [6.07, 6.45) is 13.1. The third-order valence-electron chi connectivity index (χ3n) is 8.38. The highest BCUT2D eigenvalue weighted by atomic mass is 16.1. The van der Waals surface area contributed by atoms with E-state index in [4.69, 9.17) is 5.73 Å². The lowest BCUT2D eigenvalue weighted by Crippen LogP contribution is -2.42. The zero-order valence-electron chi connectivity index (χ0n) is 22.4. The Morgan fingerprint density at radius 1 is 1.03 bits per heavy atom. The summed E-state index contributed by atoms with van der Waals surface area (Å²) in [6, 6.07) is 10.5. The van der Waals surface area contributed by atoms with Crippen molar-refractivity contribution in [1.29, 1.82) is 0 Å². The molecule has 3 N–H and O–H groups in total. The zero-order valence-corrected chi connectivity index (χ0v) is 22.4. The summed E-state index contributed by atoms with van der Waals surface area (Å²) in [5.41, 5.74) is 11.6. The number of amides is 1. The second-order valence-corrected chi connectivity index (χ2v) is 11.6. The first-order valence-electron chi connectivity index (χ1n) is 14.1. The van der Waals surface area contributed by atoms with E-state index in [1.165, 1.54) is 25.7 Å². The van der Waals surface area contributed by atoms with Crippen molar-refractivity contribution in [2.24, 2.45) is 17.6 Å². The Kier molecular flexibility index (Phi) is 7.17. The minimum absolute atomic E-state index is 0.186. The molecule has 1 amide bonds. The number of hydrogen-bond acceptors (Lipinski definition) is 6. The lowest BCUT2D eigenvalue weighted by molar-refractivity contribution is 0.102. The summed E-state index contributed by atoms with van der Waals surface area (Å²) in [6.45, 7) is 6.87. The third-order valence-corrected chi connectivity index (χ3v) is 8.38. The molecule has 0 spiro atoms. The molecule has 2 aromatic heterocycles. The Morgan fingerprint density at radius 2 is 1.87 bits per heavy atom. The number of hydrogen-bond donors (Lipinski definition) is 2. The van der Waals surface area contributed by atoms with Gasteiger partial charge in [0.15, 0.2) is 0 Å². The van der Waals surface area contributed by atoms with Gasteiger partial charge in [0.05, 0.1) is 12.0 Å². The number of likely N-dealkylation sites (tertiary alicyclic amines) is 1. The molecule has 4 heterocycles. The minimum atomic E-state index is -0.186. The number of aromatic nitrogens is 3. The number of benzene rings is 1. The first kappa shape index (κ1) is 25.1. The van der Waals surface area contributed by atoms with Crippen molar-refractivity contribution in [2.45, 2.75) is 58.0 Å². The van der Waals surface area contributed by atoms with Crippen molar-refractivity contribution >= 4 is 17.3 Å². The highest BCUT2D eigenvalue weighted by Gasteiger charge is 2.30. The molecule has 2 unspecified atom stereocenters. The Bertz CT molecular complexity index is 1280. The normalized spacial score (nSPS) is 23.8. The predicted molar refractivity (Wildman–Crippen MR) is 151 cm³/mol. The second-order valence-electron chi connectivity index (χ2n) is 11.6. The van der Waals surface area contributed by atoms with E-state index in [1.54, 1.807) is 6.20 Å². The molecule has 2 aliphatic heterocycles. The maximum Gasteiger partial charge on any atom is 0.274 e. The summed E-state index contributed by atoms with van der Waals surface area (Å²) in [4.78, 5) is 27.1. The monoisotopic (exact) mass is 513 g/mol. The zero-order chi connectivity index (χ0) is 26.1. The molecular weight excluding hydrogens is 474 g/mol. The smallest absolute Gasteiger partial charge is 0.274 e. The van der Waals surface area contributed by atoms with E-state index >= 15 is 0 Å². The molecule has 0 radical (unpaired) electrons. The molecule has 200 valence electrons. The van der Waals surface area contributed by atoms with Crippen LogP contribution in [0.15, 0.2) is 49.1 Å². The van der Waals surface area contributed by atoms with Crippen LogP contribution in [0.25, 0.3) is 5.69 Å². The van der Waals surface area contributed by atoms with E-state index in [1.807, 2.05) is 42.2 Å². The lowest BCUT2D eigenvalue weighted by atomic mass is 9.78.